The minimum atomic E-state index is -0.103. The van der Waals surface area contributed by atoms with Gasteiger partial charge in [0, 0.05) is 5.56 Å². The van der Waals surface area contributed by atoms with Gasteiger partial charge < -0.3 is 9.47 Å². The lowest BCUT2D eigenvalue weighted by atomic mass is 10.1. The molecule has 0 amide bonds. The van der Waals surface area contributed by atoms with Crippen molar-refractivity contribution in [2.75, 3.05) is 14.2 Å². The van der Waals surface area contributed by atoms with Crippen LogP contribution in [0.1, 0.15) is 15.4 Å². The van der Waals surface area contributed by atoms with Gasteiger partial charge in [-0.3, -0.25) is 4.79 Å². The molecule has 0 N–H and O–H groups in total. The Morgan fingerprint density at radius 2 is 1.81 bits per heavy atom. The van der Waals surface area contributed by atoms with Gasteiger partial charge in [-0.1, -0.05) is 12.1 Å². The van der Waals surface area contributed by atoms with E-state index in [1.807, 2.05) is 18.2 Å². The van der Waals surface area contributed by atoms with Gasteiger partial charge in [0.2, 0.25) is 5.78 Å². The second-order valence-corrected chi connectivity index (χ2v) is 5.44. The van der Waals surface area contributed by atoms with E-state index in [1.54, 1.807) is 38.5 Å². The fourth-order valence-corrected chi connectivity index (χ4v) is 2.97. The Morgan fingerprint density at radius 1 is 1.05 bits per heavy atom. The lowest BCUT2D eigenvalue weighted by Crippen LogP contribution is -2.00. The van der Waals surface area contributed by atoms with Crippen molar-refractivity contribution in [3.8, 4) is 11.5 Å². The second kappa shape index (κ2) is 5.54. The highest BCUT2D eigenvalue weighted by Gasteiger charge is 2.15. The molecule has 0 bridgehead atoms. The number of benzene rings is 2. The average Bonchev–Trinajstić information content (AvgIpc) is 2.97. The van der Waals surface area contributed by atoms with Crippen LogP contribution in [0, 0.1) is 0 Å². The lowest BCUT2D eigenvalue weighted by molar-refractivity contribution is 0.103. The second-order valence-electron chi connectivity index (χ2n) is 4.41. The largest absolute Gasteiger partial charge is 0.497 e. The molecule has 3 aromatic rings. The zero-order chi connectivity index (χ0) is 14.8. The van der Waals surface area contributed by atoms with E-state index in [-0.39, 0.29) is 5.78 Å². The number of carbonyl (C=O) groups excluding carboxylic acids is 1. The highest BCUT2D eigenvalue weighted by Crippen LogP contribution is 2.28. The van der Waals surface area contributed by atoms with E-state index >= 15 is 0 Å². The number of fused-ring (bicyclic) bond motifs is 1. The first-order chi connectivity index (χ1) is 10.2. The highest BCUT2D eigenvalue weighted by atomic mass is 32.1. The van der Waals surface area contributed by atoms with Gasteiger partial charge in [0.05, 0.1) is 24.4 Å². The van der Waals surface area contributed by atoms with Crippen molar-refractivity contribution < 1.29 is 14.3 Å². The third kappa shape index (κ3) is 2.60. The van der Waals surface area contributed by atoms with Crippen molar-refractivity contribution in [1.82, 2.24) is 4.98 Å². The maximum Gasteiger partial charge on any atom is 0.221 e. The van der Waals surface area contributed by atoms with Crippen molar-refractivity contribution in [3.63, 3.8) is 0 Å². The molecule has 0 radical (unpaired) electrons. The normalized spacial score (nSPS) is 10.6. The van der Waals surface area contributed by atoms with Crippen LogP contribution >= 0.6 is 11.3 Å². The summed E-state index contributed by atoms with van der Waals surface area (Å²) in [4.78, 5) is 16.9. The van der Waals surface area contributed by atoms with E-state index < -0.39 is 0 Å². The fraction of sp³-hybridized carbons (Fsp3) is 0.125. The highest BCUT2D eigenvalue weighted by molar-refractivity contribution is 7.20. The molecule has 1 heterocycles. The number of nitrogens with zero attached hydrogens (tertiary/aromatic N) is 1. The van der Waals surface area contributed by atoms with Gasteiger partial charge in [0.25, 0.3) is 0 Å². The minimum Gasteiger partial charge on any atom is -0.497 e. The average molecular weight is 299 g/mol. The first-order valence-electron chi connectivity index (χ1n) is 6.34. The van der Waals surface area contributed by atoms with Crippen molar-refractivity contribution in [2.24, 2.45) is 0 Å². The summed E-state index contributed by atoms with van der Waals surface area (Å²) in [5, 5.41) is 0.464. The smallest absolute Gasteiger partial charge is 0.221 e. The molecule has 0 aliphatic carbocycles. The van der Waals surface area contributed by atoms with Gasteiger partial charge in [-0.05, 0) is 30.3 Å². The number of ketones is 1. The molecule has 0 atom stereocenters. The molecule has 0 fully saturated rings. The predicted molar refractivity (Wildman–Crippen MR) is 82.6 cm³/mol. The van der Waals surface area contributed by atoms with Crippen molar-refractivity contribution in [2.45, 2.75) is 0 Å². The molecule has 21 heavy (non-hydrogen) atoms. The van der Waals surface area contributed by atoms with E-state index in [2.05, 4.69) is 4.98 Å². The molecule has 0 unspecified atom stereocenters. The Hall–Kier alpha value is -2.40. The van der Waals surface area contributed by atoms with Crippen LogP contribution in [-0.2, 0) is 0 Å². The van der Waals surface area contributed by atoms with E-state index in [4.69, 9.17) is 9.47 Å². The molecular weight excluding hydrogens is 286 g/mol. The third-order valence-electron chi connectivity index (χ3n) is 3.12. The molecule has 0 saturated carbocycles. The summed E-state index contributed by atoms with van der Waals surface area (Å²) in [6.45, 7) is 0. The SMILES string of the molecule is COc1cccc(C(=O)c2nc3ccc(OC)cc3s2)c1. The molecule has 5 heteroatoms. The standard InChI is InChI=1S/C16H13NO3S/c1-19-11-5-3-4-10(8-11)15(18)16-17-13-7-6-12(20-2)9-14(13)21-16/h3-9H,1-2H3. The number of rotatable bonds is 4. The summed E-state index contributed by atoms with van der Waals surface area (Å²) < 4.78 is 11.3. The third-order valence-corrected chi connectivity index (χ3v) is 4.14. The molecule has 1 aromatic heterocycles. The molecule has 0 spiro atoms. The van der Waals surface area contributed by atoms with Crippen molar-refractivity contribution >= 4 is 27.3 Å². The van der Waals surface area contributed by atoms with Crippen LogP contribution in [0.3, 0.4) is 0 Å². The first-order valence-corrected chi connectivity index (χ1v) is 7.16. The fourth-order valence-electron chi connectivity index (χ4n) is 2.02. The monoisotopic (exact) mass is 299 g/mol. The number of carbonyl (C=O) groups is 1. The molecule has 4 nitrogen and oxygen atoms in total. The molecule has 0 aliphatic rings. The van der Waals surface area contributed by atoms with E-state index in [0.717, 1.165) is 16.0 Å². The Morgan fingerprint density at radius 3 is 2.57 bits per heavy atom. The summed E-state index contributed by atoms with van der Waals surface area (Å²) in [6, 6.07) is 12.7. The molecule has 3 rings (SSSR count). The Labute approximate surface area is 126 Å². The van der Waals surface area contributed by atoms with Crippen LogP contribution in [0.5, 0.6) is 11.5 Å². The number of hydrogen-bond acceptors (Lipinski definition) is 5. The Kier molecular flexibility index (Phi) is 3.58. The maximum absolute atomic E-state index is 12.5. The van der Waals surface area contributed by atoms with Crippen LogP contribution in [0.2, 0.25) is 0 Å². The first kappa shape index (κ1) is 13.6. The summed E-state index contributed by atoms with van der Waals surface area (Å²) in [6.07, 6.45) is 0. The summed E-state index contributed by atoms with van der Waals surface area (Å²) in [5.74, 6) is 1.31. The zero-order valence-electron chi connectivity index (χ0n) is 11.6. The number of methoxy groups -OCH3 is 2. The number of thiazole rings is 1. The van der Waals surface area contributed by atoms with Gasteiger partial charge in [0.1, 0.15) is 11.5 Å². The van der Waals surface area contributed by atoms with Crippen LogP contribution < -0.4 is 9.47 Å². The summed E-state index contributed by atoms with van der Waals surface area (Å²) in [5.41, 5.74) is 1.37. The van der Waals surface area contributed by atoms with Gasteiger partial charge >= 0.3 is 0 Å². The van der Waals surface area contributed by atoms with Gasteiger partial charge in [-0.25, -0.2) is 4.98 Å². The van der Waals surface area contributed by atoms with Crippen LogP contribution in [0.25, 0.3) is 10.2 Å². The van der Waals surface area contributed by atoms with E-state index in [0.29, 0.717) is 16.3 Å². The Bertz CT molecular complexity index is 810. The van der Waals surface area contributed by atoms with Crippen LogP contribution in [0.15, 0.2) is 42.5 Å². The molecule has 2 aromatic carbocycles. The van der Waals surface area contributed by atoms with Crippen molar-refractivity contribution in [1.29, 1.82) is 0 Å². The van der Waals surface area contributed by atoms with Crippen molar-refractivity contribution in [3.05, 3.63) is 53.0 Å². The molecule has 0 saturated heterocycles. The van der Waals surface area contributed by atoms with Gasteiger partial charge in [-0.2, -0.15) is 0 Å². The summed E-state index contributed by atoms with van der Waals surface area (Å²) in [7, 11) is 3.19. The van der Waals surface area contributed by atoms with Crippen LogP contribution in [-0.4, -0.2) is 25.0 Å². The van der Waals surface area contributed by atoms with Crippen LogP contribution in [0.4, 0.5) is 0 Å². The Balaban J connectivity index is 2.00. The number of aromatic nitrogens is 1. The number of ether oxygens (including phenoxy) is 2. The van der Waals surface area contributed by atoms with Gasteiger partial charge in [0.15, 0.2) is 5.01 Å². The quantitative estimate of drug-likeness (QED) is 0.691. The summed E-state index contributed by atoms with van der Waals surface area (Å²) >= 11 is 1.36. The molecule has 0 aliphatic heterocycles. The zero-order valence-corrected chi connectivity index (χ0v) is 12.4. The topological polar surface area (TPSA) is 48.4 Å². The molecule has 106 valence electrons. The molecular formula is C16H13NO3S. The maximum atomic E-state index is 12.5. The van der Waals surface area contributed by atoms with E-state index in [9.17, 15) is 4.79 Å². The van der Waals surface area contributed by atoms with E-state index in [1.165, 1.54) is 11.3 Å². The minimum absolute atomic E-state index is 0.103. The lowest BCUT2D eigenvalue weighted by Gasteiger charge is -2.01. The van der Waals surface area contributed by atoms with Gasteiger partial charge in [-0.15, -0.1) is 11.3 Å². The number of hydrogen-bond donors (Lipinski definition) is 0. The predicted octanol–water partition coefficient (Wildman–Crippen LogP) is 3.54.